The Hall–Kier alpha value is -1.26. The van der Waals surface area contributed by atoms with Crippen molar-refractivity contribution in [1.82, 2.24) is 9.55 Å². The lowest BCUT2D eigenvalue weighted by atomic mass is 10.1. The number of rotatable bonds is 16. The molecule has 1 aromatic heterocycles. The molecule has 1 atom stereocenters. The van der Waals surface area contributed by atoms with Crippen LogP contribution in [0.3, 0.4) is 0 Å². The number of unbranched alkanes of at least 4 members (excludes halogenated alkanes) is 7. The monoisotopic (exact) mass is 388 g/mol. The summed E-state index contributed by atoms with van der Waals surface area (Å²) in [6.45, 7) is 4.04. The molecule has 4 heteroatoms. The van der Waals surface area contributed by atoms with Crippen molar-refractivity contribution in [3.8, 4) is 0 Å². The zero-order valence-corrected chi connectivity index (χ0v) is 17.7. The molecule has 0 bridgehead atoms. The van der Waals surface area contributed by atoms with Crippen LogP contribution in [0.1, 0.15) is 63.9 Å². The molecule has 27 heavy (non-hydrogen) atoms. The first kappa shape index (κ1) is 22.0. The Labute approximate surface area is 169 Å². The molecular formula is C23H36N2OS. The molecule has 0 aliphatic heterocycles. The largest absolute Gasteiger partial charge is 0.376 e. The van der Waals surface area contributed by atoms with Crippen molar-refractivity contribution in [3.05, 3.63) is 54.6 Å². The van der Waals surface area contributed by atoms with Gasteiger partial charge in [0.15, 0.2) is 0 Å². The van der Waals surface area contributed by atoms with Crippen LogP contribution in [0.25, 0.3) is 0 Å². The highest BCUT2D eigenvalue weighted by Crippen LogP contribution is 2.16. The van der Waals surface area contributed by atoms with Gasteiger partial charge in [0.1, 0.15) is 0 Å². The number of ether oxygens (including phenoxy) is 1. The molecule has 2 aromatic rings. The van der Waals surface area contributed by atoms with Gasteiger partial charge >= 0.3 is 0 Å². The van der Waals surface area contributed by atoms with Gasteiger partial charge in [-0.1, -0.05) is 82.2 Å². The first-order chi connectivity index (χ1) is 13.4. The molecule has 0 aliphatic carbocycles. The minimum Gasteiger partial charge on any atom is -0.376 e. The number of hydrogen-bond donors (Lipinski definition) is 0. The molecule has 1 heterocycles. The maximum absolute atomic E-state index is 6.23. The molecule has 0 fully saturated rings. The van der Waals surface area contributed by atoms with Gasteiger partial charge in [-0.15, -0.1) is 0 Å². The van der Waals surface area contributed by atoms with Crippen LogP contribution in [-0.2, 0) is 17.0 Å². The van der Waals surface area contributed by atoms with Crippen molar-refractivity contribution in [3.63, 3.8) is 0 Å². The fourth-order valence-electron chi connectivity index (χ4n) is 3.15. The van der Waals surface area contributed by atoms with E-state index in [0.717, 1.165) is 24.7 Å². The zero-order chi connectivity index (χ0) is 19.0. The first-order valence-electron chi connectivity index (χ1n) is 10.6. The van der Waals surface area contributed by atoms with E-state index in [4.69, 9.17) is 4.74 Å². The molecule has 0 saturated heterocycles. The second-order valence-electron chi connectivity index (χ2n) is 7.23. The maximum Gasteiger partial charge on any atom is 0.0946 e. The Bertz CT molecular complexity index is 559. The smallest absolute Gasteiger partial charge is 0.0946 e. The molecule has 150 valence electrons. The van der Waals surface area contributed by atoms with Crippen LogP contribution >= 0.6 is 11.8 Å². The molecule has 1 aromatic carbocycles. The second kappa shape index (κ2) is 14.8. The van der Waals surface area contributed by atoms with Gasteiger partial charge in [-0.3, -0.25) is 0 Å². The Morgan fingerprint density at radius 3 is 2.44 bits per heavy atom. The minimum atomic E-state index is 0.248. The second-order valence-corrected chi connectivity index (χ2v) is 8.26. The van der Waals surface area contributed by atoms with E-state index in [2.05, 4.69) is 46.8 Å². The quantitative estimate of drug-likeness (QED) is 0.314. The standard InChI is InChI=1S/C23H36N2OS/c1-2-3-4-5-6-7-8-12-17-26-23(18-25-16-15-24-21-25)20-27-19-22-13-10-9-11-14-22/h9-11,13-16,21,23H,2-8,12,17-20H2,1H3. The van der Waals surface area contributed by atoms with Crippen molar-refractivity contribution in [2.45, 2.75) is 76.7 Å². The molecule has 1 unspecified atom stereocenters. The fraction of sp³-hybridized carbons (Fsp3) is 0.609. The van der Waals surface area contributed by atoms with Crippen LogP contribution < -0.4 is 0 Å². The van der Waals surface area contributed by atoms with E-state index in [1.165, 1.54) is 56.9 Å². The summed E-state index contributed by atoms with van der Waals surface area (Å²) >= 11 is 1.96. The Balaban J connectivity index is 1.61. The van der Waals surface area contributed by atoms with Crippen molar-refractivity contribution >= 4 is 11.8 Å². The van der Waals surface area contributed by atoms with Crippen LogP contribution in [-0.4, -0.2) is 28.0 Å². The van der Waals surface area contributed by atoms with Gasteiger partial charge in [0.2, 0.25) is 0 Å². The lowest BCUT2D eigenvalue weighted by Crippen LogP contribution is -2.23. The third-order valence-electron chi connectivity index (χ3n) is 4.74. The molecule has 3 nitrogen and oxygen atoms in total. The van der Waals surface area contributed by atoms with E-state index in [1.54, 1.807) is 0 Å². The topological polar surface area (TPSA) is 27.1 Å². The normalized spacial score (nSPS) is 12.3. The highest BCUT2D eigenvalue weighted by Gasteiger charge is 2.10. The van der Waals surface area contributed by atoms with E-state index < -0.39 is 0 Å². The molecule has 0 radical (unpaired) electrons. The van der Waals surface area contributed by atoms with Gasteiger partial charge in [0.05, 0.1) is 19.0 Å². The Morgan fingerprint density at radius 1 is 1.00 bits per heavy atom. The summed E-state index contributed by atoms with van der Waals surface area (Å²) in [4.78, 5) is 4.16. The van der Waals surface area contributed by atoms with Crippen molar-refractivity contribution in [1.29, 1.82) is 0 Å². The van der Waals surface area contributed by atoms with Gasteiger partial charge in [-0.2, -0.15) is 11.8 Å². The lowest BCUT2D eigenvalue weighted by Gasteiger charge is -2.18. The van der Waals surface area contributed by atoms with E-state index in [0.29, 0.717) is 0 Å². The van der Waals surface area contributed by atoms with Crippen LogP contribution in [0.4, 0.5) is 0 Å². The fourth-order valence-corrected chi connectivity index (χ4v) is 4.16. The molecule has 0 N–H and O–H groups in total. The van der Waals surface area contributed by atoms with Crippen LogP contribution in [0, 0.1) is 0 Å². The third-order valence-corrected chi connectivity index (χ3v) is 5.89. The van der Waals surface area contributed by atoms with Gasteiger partial charge in [0.25, 0.3) is 0 Å². The maximum atomic E-state index is 6.23. The Kier molecular flexibility index (Phi) is 12.0. The third kappa shape index (κ3) is 10.6. The van der Waals surface area contributed by atoms with Gasteiger partial charge in [-0.25, -0.2) is 4.98 Å². The summed E-state index contributed by atoms with van der Waals surface area (Å²) in [5.41, 5.74) is 1.38. The van der Waals surface area contributed by atoms with Crippen molar-refractivity contribution < 1.29 is 4.74 Å². The van der Waals surface area contributed by atoms with Gasteiger partial charge in [0, 0.05) is 30.5 Å². The predicted octanol–water partition coefficient (Wildman–Crippen LogP) is 6.34. The highest BCUT2D eigenvalue weighted by molar-refractivity contribution is 7.98. The highest BCUT2D eigenvalue weighted by atomic mass is 32.2. The molecule has 0 amide bonds. The summed E-state index contributed by atoms with van der Waals surface area (Å²) in [5, 5.41) is 0. The van der Waals surface area contributed by atoms with Crippen LogP contribution in [0.5, 0.6) is 0 Å². The number of aromatic nitrogens is 2. The first-order valence-corrected chi connectivity index (χ1v) is 11.7. The molecule has 2 rings (SSSR count). The molecule has 0 saturated carbocycles. The summed E-state index contributed by atoms with van der Waals surface area (Å²) in [6, 6.07) is 10.7. The van der Waals surface area contributed by atoms with Crippen LogP contribution in [0.15, 0.2) is 49.1 Å². The number of imidazole rings is 1. The van der Waals surface area contributed by atoms with Crippen molar-refractivity contribution in [2.75, 3.05) is 12.4 Å². The van der Waals surface area contributed by atoms with Gasteiger partial charge in [-0.05, 0) is 12.0 Å². The Morgan fingerprint density at radius 2 is 1.74 bits per heavy atom. The average Bonchev–Trinajstić information content (AvgIpc) is 3.20. The summed E-state index contributed by atoms with van der Waals surface area (Å²) in [6.07, 6.45) is 16.7. The van der Waals surface area contributed by atoms with E-state index >= 15 is 0 Å². The molecule has 0 spiro atoms. The lowest BCUT2D eigenvalue weighted by molar-refractivity contribution is 0.0548. The average molecular weight is 389 g/mol. The molecular weight excluding hydrogens is 352 g/mol. The summed E-state index contributed by atoms with van der Waals surface area (Å²) in [7, 11) is 0. The minimum absolute atomic E-state index is 0.248. The van der Waals surface area contributed by atoms with E-state index in [9.17, 15) is 0 Å². The number of hydrogen-bond acceptors (Lipinski definition) is 3. The summed E-state index contributed by atoms with van der Waals surface area (Å²) in [5.74, 6) is 2.06. The van der Waals surface area contributed by atoms with Crippen molar-refractivity contribution in [2.24, 2.45) is 0 Å². The number of benzene rings is 1. The zero-order valence-electron chi connectivity index (χ0n) is 16.9. The number of thioether (sulfide) groups is 1. The summed E-state index contributed by atoms with van der Waals surface area (Å²) < 4.78 is 8.36. The predicted molar refractivity (Wildman–Crippen MR) is 117 cm³/mol. The van der Waals surface area contributed by atoms with E-state index in [-0.39, 0.29) is 6.10 Å². The SMILES string of the molecule is CCCCCCCCCCOC(CSCc1ccccc1)Cn1ccnc1. The van der Waals surface area contributed by atoms with E-state index in [1.807, 2.05) is 30.5 Å². The molecule has 0 aliphatic rings. The van der Waals surface area contributed by atoms with Gasteiger partial charge < -0.3 is 9.30 Å². The number of nitrogens with zero attached hydrogens (tertiary/aromatic N) is 2. The van der Waals surface area contributed by atoms with Crippen LogP contribution in [0.2, 0.25) is 0 Å².